The fourth-order valence-electron chi connectivity index (χ4n) is 2.65. The lowest BCUT2D eigenvalue weighted by atomic mass is 10.0. The SMILES string of the molecule is CC(C(=O)N[C@H]1CCCNC1)c1cc2ccccc2o1.Cl. The van der Waals surface area contributed by atoms with Crippen molar-refractivity contribution < 1.29 is 9.21 Å². The fraction of sp³-hybridized carbons (Fsp3) is 0.438. The Kier molecular flexibility index (Phi) is 5.26. The molecule has 3 rings (SSSR count). The summed E-state index contributed by atoms with van der Waals surface area (Å²) in [7, 11) is 0. The normalized spacial score (nSPS) is 19.8. The maximum Gasteiger partial charge on any atom is 0.230 e. The topological polar surface area (TPSA) is 54.3 Å². The Balaban J connectivity index is 0.00000161. The Bertz CT molecular complexity index is 572. The van der Waals surface area contributed by atoms with Crippen LogP contribution in [0.1, 0.15) is 31.4 Å². The number of hydrogen-bond donors (Lipinski definition) is 2. The Morgan fingerprint density at radius 2 is 2.24 bits per heavy atom. The van der Waals surface area contributed by atoms with Gasteiger partial charge in [-0.05, 0) is 38.4 Å². The molecule has 0 aliphatic carbocycles. The summed E-state index contributed by atoms with van der Waals surface area (Å²) >= 11 is 0. The van der Waals surface area contributed by atoms with E-state index in [1.165, 1.54) is 0 Å². The van der Waals surface area contributed by atoms with Crippen molar-refractivity contribution >= 4 is 29.3 Å². The van der Waals surface area contributed by atoms with E-state index in [0.717, 1.165) is 42.7 Å². The minimum absolute atomic E-state index is 0. The van der Waals surface area contributed by atoms with Crippen molar-refractivity contribution in [3.63, 3.8) is 0 Å². The van der Waals surface area contributed by atoms with Gasteiger partial charge in [-0.15, -0.1) is 12.4 Å². The van der Waals surface area contributed by atoms with Crippen LogP contribution in [0.3, 0.4) is 0 Å². The van der Waals surface area contributed by atoms with E-state index in [0.29, 0.717) is 0 Å². The Hall–Kier alpha value is -1.52. The van der Waals surface area contributed by atoms with Crippen molar-refractivity contribution in [1.82, 2.24) is 10.6 Å². The molecule has 2 N–H and O–H groups in total. The lowest BCUT2D eigenvalue weighted by molar-refractivity contribution is -0.123. The molecule has 1 aliphatic rings. The van der Waals surface area contributed by atoms with Gasteiger partial charge in [0.15, 0.2) is 0 Å². The summed E-state index contributed by atoms with van der Waals surface area (Å²) in [5, 5.41) is 7.45. The van der Waals surface area contributed by atoms with Gasteiger partial charge in [-0.1, -0.05) is 18.2 Å². The lowest BCUT2D eigenvalue weighted by Crippen LogP contribution is -2.46. The van der Waals surface area contributed by atoms with Gasteiger partial charge >= 0.3 is 0 Å². The molecule has 21 heavy (non-hydrogen) atoms. The summed E-state index contributed by atoms with van der Waals surface area (Å²) < 4.78 is 5.76. The molecule has 2 heterocycles. The van der Waals surface area contributed by atoms with Crippen LogP contribution in [0.15, 0.2) is 34.7 Å². The molecule has 1 amide bonds. The van der Waals surface area contributed by atoms with Crippen LogP contribution in [-0.2, 0) is 4.79 Å². The highest BCUT2D eigenvalue weighted by molar-refractivity contribution is 5.86. The first kappa shape index (κ1) is 15.9. The van der Waals surface area contributed by atoms with E-state index in [4.69, 9.17) is 4.42 Å². The summed E-state index contributed by atoms with van der Waals surface area (Å²) in [5.41, 5.74) is 0.835. The second-order valence-electron chi connectivity index (χ2n) is 5.46. The third kappa shape index (κ3) is 3.57. The van der Waals surface area contributed by atoms with E-state index in [1.54, 1.807) is 0 Å². The number of furan rings is 1. The fourth-order valence-corrected chi connectivity index (χ4v) is 2.65. The Labute approximate surface area is 130 Å². The van der Waals surface area contributed by atoms with Gasteiger partial charge < -0.3 is 15.1 Å². The van der Waals surface area contributed by atoms with E-state index >= 15 is 0 Å². The minimum Gasteiger partial charge on any atom is -0.460 e. The van der Waals surface area contributed by atoms with Crippen molar-refractivity contribution in [3.05, 3.63) is 36.1 Å². The third-order valence-corrected chi connectivity index (χ3v) is 3.91. The van der Waals surface area contributed by atoms with Crippen LogP contribution in [0.5, 0.6) is 0 Å². The summed E-state index contributed by atoms with van der Waals surface area (Å²) in [6.45, 7) is 3.80. The van der Waals surface area contributed by atoms with Gasteiger partial charge in [0.05, 0.1) is 5.92 Å². The van der Waals surface area contributed by atoms with Crippen LogP contribution >= 0.6 is 12.4 Å². The number of para-hydroxylation sites is 1. The van der Waals surface area contributed by atoms with Crippen molar-refractivity contribution in [2.75, 3.05) is 13.1 Å². The summed E-state index contributed by atoms with van der Waals surface area (Å²) in [4.78, 5) is 12.3. The van der Waals surface area contributed by atoms with Gasteiger partial charge in [-0.2, -0.15) is 0 Å². The molecule has 5 heteroatoms. The van der Waals surface area contributed by atoms with Crippen LogP contribution in [0.25, 0.3) is 11.0 Å². The van der Waals surface area contributed by atoms with Gasteiger partial charge in [0.25, 0.3) is 0 Å². The van der Waals surface area contributed by atoms with Crippen molar-refractivity contribution in [2.24, 2.45) is 0 Å². The monoisotopic (exact) mass is 308 g/mol. The zero-order valence-corrected chi connectivity index (χ0v) is 12.9. The van der Waals surface area contributed by atoms with Crippen molar-refractivity contribution in [3.8, 4) is 0 Å². The highest BCUT2D eigenvalue weighted by Gasteiger charge is 2.23. The van der Waals surface area contributed by atoms with E-state index in [2.05, 4.69) is 10.6 Å². The Morgan fingerprint density at radius 1 is 1.43 bits per heavy atom. The van der Waals surface area contributed by atoms with E-state index in [-0.39, 0.29) is 30.3 Å². The van der Waals surface area contributed by atoms with Crippen molar-refractivity contribution in [1.29, 1.82) is 0 Å². The number of hydrogen-bond acceptors (Lipinski definition) is 3. The average molecular weight is 309 g/mol. The van der Waals surface area contributed by atoms with Crippen LogP contribution in [0.2, 0.25) is 0 Å². The molecule has 1 fully saturated rings. The van der Waals surface area contributed by atoms with E-state index in [9.17, 15) is 4.79 Å². The van der Waals surface area contributed by atoms with Gasteiger partial charge in [-0.3, -0.25) is 4.79 Å². The number of fused-ring (bicyclic) bond motifs is 1. The first-order valence-corrected chi connectivity index (χ1v) is 7.23. The highest BCUT2D eigenvalue weighted by Crippen LogP contribution is 2.25. The van der Waals surface area contributed by atoms with Crippen LogP contribution in [-0.4, -0.2) is 25.0 Å². The molecule has 0 spiro atoms. The number of rotatable bonds is 3. The first-order chi connectivity index (χ1) is 9.74. The van der Waals surface area contributed by atoms with Gasteiger partial charge in [0.2, 0.25) is 5.91 Å². The maximum absolute atomic E-state index is 12.3. The van der Waals surface area contributed by atoms with Gasteiger partial charge in [0.1, 0.15) is 11.3 Å². The number of benzene rings is 1. The quantitative estimate of drug-likeness (QED) is 0.917. The van der Waals surface area contributed by atoms with Gasteiger partial charge in [0, 0.05) is 18.0 Å². The molecule has 1 aliphatic heterocycles. The van der Waals surface area contributed by atoms with Crippen LogP contribution in [0, 0.1) is 0 Å². The minimum atomic E-state index is -0.260. The standard InChI is InChI=1S/C16H20N2O2.ClH/c1-11(16(19)18-13-6-4-8-17-10-13)15-9-12-5-2-3-7-14(12)20-15;/h2-3,5,7,9,11,13,17H,4,6,8,10H2,1H3,(H,18,19);1H/t11?,13-;/m0./s1. The molecule has 2 atom stereocenters. The molecule has 2 aromatic rings. The molecule has 4 nitrogen and oxygen atoms in total. The zero-order chi connectivity index (χ0) is 13.9. The number of carbonyl (C=O) groups excluding carboxylic acids is 1. The second-order valence-corrected chi connectivity index (χ2v) is 5.46. The van der Waals surface area contributed by atoms with Gasteiger partial charge in [-0.25, -0.2) is 0 Å². The molecule has 0 bridgehead atoms. The lowest BCUT2D eigenvalue weighted by Gasteiger charge is -2.24. The summed E-state index contributed by atoms with van der Waals surface area (Å²) in [6.07, 6.45) is 2.16. The number of piperidine rings is 1. The van der Waals surface area contributed by atoms with Crippen LogP contribution in [0.4, 0.5) is 0 Å². The molecule has 0 saturated carbocycles. The first-order valence-electron chi connectivity index (χ1n) is 7.23. The van der Waals surface area contributed by atoms with E-state index in [1.807, 2.05) is 37.3 Å². The molecule has 1 aromatic carbocycles. The van der Waals surface area contributed by atoms with E-state index < -0.39 is 0 Å². The Morgan fingerprint density at radius 3 is 2.95 bits per heavy atom. The number of amides is 1. The van der Waals surface area contributed by atoms with Crippen LogP contribution < -0.4 is 10.6 Å². The second kappa shape index (κ2) is 6.96. The molecular weight excluding hydrogens is 288 g/mol. The third-order valence-electron chi connectivity index (χ3n) is 3.91. The molecule has 1 unspecified atom stereocenters. The number of nitrogens with one attached hydrogen (secondary N) is 2. The smallest absolute Gasteiger partial charge is 0.230 e. The molecule has 0 radical (unpaired) electrons. The predicted molar refractivity (Wildman–Crippen MR) is 85.9 cm³/mol. The zero-order valence-electron chi connectivity index (χ0n) is 12.1. The molecule has 1 aromatic heterocycles. The summed E-state index contributed by atoms with van der Waals surface area (Å²) in [5.74, 6) is 0.509. The molecular formula is C16H21ClN2O2. The van der Waals surface area contributed by atoms with Crippen molar-refractivity contribution in [2.45, 2.75) is 31.7 Å². The highest BCUT2D eigenvalue weighted by atomic mass is 35.5. The molecule has 114 valence electrons. The molecule has 1 saturated heterocycles. The largest absolute Gasteiger partial charge is 0.460 e. The number of halogens is 1. The average Bonchev–Trinajstić information content (AvgIpc) is 2.91. The summed E-state index contributed by atoms with van der Waals surface area (Å²) in [6, 6.07) is 10.0. The number of carbonyl (C=O) groups is 1. The predicted octanol–water partition coefficient (Wildman–Crippen LogP) is 2.83. The maximum atomic E-state index is 12.3.